The first-order chi connectivity index (χ1) is 8.63. The van der Waals surface area contributed by atoms with Gasteiger partial charge in [0, 0.05) is 29.9 Å². The van der Waals surface area contributed by atoms with E-state index in [1.165, 1.54) is 0 Å². The average Bonchev–Trinajstić information content (AvgIpc) is 2.38. The van der Waals surface area contributed by atoms with Gasteiger partial charge in [-0.3, -0.25) is 5.41 Å². The summed E-state index contributed by atoms with van der Waals surface area (Å²) in [5, 5.41) is 16.8. The number of nitrogen functional groups attached to an aromatic ring is 1. The number of aliphatic hydroxyl groups is 1. The normalized spacial score (nSPS) is 16.9. The van der Waals surface area contributed by atoms with Crippen LogP contribution in [0.4, 0.5) is 5.69 Å². The molecule has 18 heavy (non-hydrogen) atoms. The van der Waals surface area contributed by atoms with Crippen LogP contribution in [0.2, 0.25) is 0 Å². The Labute approximate surface area is 115 Å². The monoisotopic (exact) mass is 311 g/mol. The van der Waals surface area contributed by atoms with E-state index in [-0.39, 0.29) is 12.4 Å². The lowest BCUT2D eigenvalue weighted by atomic mass is 9.97. The number of rotatable bonds is 3. The summed E-state index contributed by atoms with van der Waals surface area (Å²) in [5.74, 6) is 0.496. The van der Waals surface area contributed by atoms with Crippen LogP contribution in [0.3, 0.4) is 0 Å². The summed E-state index contributed by atoms with van der Waals surface area (Å²) in [5.41, 5.74) is 7.43. The van der Waals surface area contributed by atoms with Gasteiger partial charge in [-0.15, -0.1) is 0 Å². The van der Waals surface area contributed by atoms with E-state index in [9.17, 15) is 0 Å². The summed E-state index contributed by atoms with van der Waals surface area (Å²) in [6, 6.07) is 5.87. The number of hydrogen-bond acceptors (Lipinski definition) is 3. The highest BCUT2D eigenvalue weighted by atomic mass is 79.9. The molecule has 0 spiro atoms. The van der Waals surface area contributed by atoms with Gasteiger partial charge in [0.15, 0.2) is 0 Å². The molecule has 4 nitrogen and oxygen atoms in total. The molecular formula is C13H18BrN3O. The Bertz CT molecular complexity index is 442. The van der Waals surface area contributed by atoms with Crippen molar-refractivity contribution in [3.8, 4) is 0 Å². The van der Waals surface area contributed by atoms with E-state index < -0.39 is 0 Å². The number of amidine groups is 1. The van der Waals surface area contributed by atoms with Crippen LogP contribution in [0.1, 0.15) is 18.4 Å². The highest BCUT2D eigenvalue weighted by Gasteiger charge is 2.22. The van der Waals surface area contributed by atoms with Gasteiger partial charge < -0.3 is 15.7 Å². The largest absolute Gasteiger partial charge is 0.396 e. The Hall–Kier alpha value is -1.07. The second-order valence-electron chi connectivity index (χ2n) is 4.66. The summed E-state index contributed by atoms with van der Waals surface area (Å²) in [6.45, 7) is 2.08. The summed E-state index contributed by atoms with van der Waals surface area (Å²) in [6.07, 6.45) is 1.97. The Balaban J connectivity index is 2.24. The standard InChI is InChI=1S/C13H18BrN3O/c14-10-2-1-3-11(12(10)13(15)16)17-6-4-9(8-18)5-7-17/h1-3,9,18H,4-8H2,(H3,15,16). The lowest BCUT2D eigenvalue weighted by molar-refractivity contribution is 0.203. The van der Waals surface area contributed by atoms with Crippen molar-refractivity contribution < 1.29 is 5.11 Å². The van der Waals surface area contributed by atoms with E-state index in [1.54, 1.807) is 0 Å². The van der Waals surface area contributed by atoms with E-state index >= 15 is 0 Å². The van der Waals surface area contributed by atoms with E-state index in [4.69, 9.17) is 16.2 Å². The van der Waals surface area contributed by atoms with Crippen molar-refractivity contribution in [3.05, 3.63) is 28.2 Å². The van der Waals surface area contributed by atoms with Gasteiger partial charge in [-0.05, 0) is 46.8 Å². The van der Waals surface area contributed by atoms with Crippen LogP contribution in [0.5, 0.6) is 0 Å². The first-order valence-electron chi connectivity index (χ1n) is 6.12. The molecular weight excluding hydrogens is 294 g/mol. The maximum Gasteiger partial charge on any atom is 0.126 e. The fraction of sp³-hybridized carbons (Fsp3) is 0.462. The fourth-order valence-corrected chi connectivity index (χ4v) is 2.97. The molecule has 1 fully saturated rings. The number of halogens is 1. The number of aliphatic hydroxyl groups excluding tert-OH is 1. The number of nitrogens with zero attached hydrogens (tertiary/aromatic N) is 1. The molecule has 1 aliphatic heterocycles. The average molecular weight is 312 g/mol. The van der Waals surface area contributed by atoms with E-state index in [0.717, 1.165) is 41.7 Å². The SMILES string of the molecule is N=C(N)c1c(Br)cccc1N1CCC(CO)CC1. The van der Waals surface area contributed by atoms with Crippen LogP contribution >= 0.6 is 15.9 Å². The quantitative estimate of drug-likeness (QED) is 0.590. The second-order valence-corrected chi connectivity index (χ2v) is 5.51. The van der Waals surface area contributed by atoms with Gasteiger partial charge in [-0.1, -0.05) is 6.07 Å². The zero-order valence-electron chi connectivity index (χ0n) is 10.2. The molecule has 0 aromatic heterocycles. The third-order valence-corrected chi connectivity index (χ3v) is 4.14. The molecule has 0 saturated carbocycles. The van der Waals surface area contributed by atoms with Crippen LogP contribution in [-0.2, 0) is 0 Å². The van der Waals surface area contributed by atoms with Gasteiger partial charge in [-0.25, -0.2) is 0 Å². The minimum Gasteiger partial charge on any atom is -0.396 e. The molecule has 0 unspecified atom stereocenters. The molecule has 4 N–H and O–H groups in total. The summed E-state index contributed by atoms with van der Waals surface area (Å²) < 4.78 is 0.858. The number of piperidine rings is 1. The maximum absolute atomic E-state index is 9.15. The molecule has 5 heteroatoms. The van der Waals surface area contributed by atoms with E-state index in [1.807, 2.05) is 18.2 Å². The Morgan fingerprint density at radius 3 is 2.67 bits per heavy atom. The first-order valence-corrected chi connectivity index (χ1v) is 6.91. The number of nitrogens with two attached hydrogens (primary N) is 1. The number of hydrogen-bond donors (Lipinski definition) is 3. The molecule has 1 aromatic carbocycles. The van der Waals surface area contributed by atoms with Crippen LogP contribution in [0, 0.1) is 11.3 Å². The maximum atomic E-state index is 9.15. The molecule has 0 amide bonds. The summed E-state index contributed by atoms with van der Waals surface area (Å²) in [4.78, 5) is 2.24. The van der Waals surface area contributed by atoms with Gasteiger partial charge in [0.2, 0.25) is 0 Å². The molecule has 98 valence electrons. The molecule has 1 heterocycles. The van der Waals surface area contributed by atoms with Crippen molar-refractivity contribution >= 4 is 27.5 Å². The van der Waals surface area contributed by atoms with E-state index in [0.29, 0.717) is 5.92 Å². The minimum atomic E-state index is 0.0850. The van der Waals surface area contributed by atoms with Crippen molar-refractivity contribution in [2.75, 3.05) is 24.6 Å². The van der Waals surface area contributed by atoms with Crippen LogP contribution < -0.4 is 10.6 Å². The van der Waals surface area contributed by atoms with Crippen molar-refractivity contribution in [1.29, 1.82) is 5.41 Å². The van der Waals surface area contributed by atoms with Crippen molar-refractivity contribution in [2.45, 2.75) is 12.8 Å². The Kier molecular flexibility index (Phi) is 4.24. The van der Waals surface area contributed by atoms with Gasteiger partial charge in [-0.2, -0.15) is 0 Å². The lowest BCUT2D eigenvalue weighted by Crippen LogP contribution is -2.36. The molecule has 2 rings (SSSR count). The zero-order valence-corrected chi connectivity index (χ0v) is 11.8. The van der Waals surface area contributed by atoms with Gasteiger partial charge >= 0.3 is 0 Å². The van der Waals surface area contributed by atoms with Crippen molar-refractivity contribution in [2.24, 2.45) is 11.7 Å². The lowest BCUT2D eigenvalue weighted by Gasteiger charge is -2.34. The van der Waals surface area contributed by atoms with Crippen LogP contribution in [-0.4, -0.2) is 30.6 Å². The molecule has 0 aliphatic carbocycles. The van der Waals surface area contributed by atoms with Crippen LogP contribution in [0.15, 0.2) is 22.7 Å². The third-order valence-electron chi connectivity index (χ3n) is 3.47. The minimum absolute atomic E-state index is 0.0850. The fourth-order valence-electron chi connectivity index (χ4n) is 2.40. The molecule has 0 atom stereocenters. The molecule has 0 radical (unpaired) electrons. The number of anilines is 1. The summed E-state index contributed by atoms with van der Waals surface area (Å²) >= 11 is 3.45. The Morgan fingerprint density at radius 2 is 2.11 bits per heavy atom. The number of benzene rings is 1. The summed E-state index contributed by atoms with van der Waals surface area (Å²) in [7, 11) is 0. The van der Waals surface area contributed by atoms with Gasteiger partial charge in [0.25, 0.3) is 0 Å². The highest BCUT2D eigenvalue weighted by molar-refractivity contribution is 9.10. The molecule has 1 aliphatic rings. The van der Waals surface area contributed by atoms with E-state index in [2.05, 4.69) is 20.8 Å². The Morgan fingerprint density at radius 1 is 1.44 bits per heavy atom. The smallest absolute Gasteiger partial charge is 0.126 e. The molecule has 1 aromatic rings. The van der Waals surface area contributed by atoms with Crippen LogP contribution in [0.25, 0.3) is 0 Å². The van der Waals surface area contributed by atoms with Gasteiger partial charge in [0.1, 0.15) is 5.84 Å². The third kappa shape index (κ3) is 2.67. The predicted molar refractivity (Wildman–Crippen MR) is 77.2 cm³/mol. The first kappa shape index (κ1) is 13.4. The van der Waals surface area contributed by atoms with Crippen molar-refractivity contribution in [1.82, 2.24) is 0 Å². The predicted octanol–water partition coefficient (Wildman–Crippen LogP) is 1.94. The topological polar surface area (TPSA) is 73.3 Å². The zero-order chi connectivity index (χ0) is 13.1. The number of nitrogens with one attached hydrogen (secondary N) is 1. The molecule has 1 saturated heterocycles. The molecule has 0 bridgehead atoms. The van der Waals surface area contributed by atoms with Crippen molar-refractivity contribution in [3.63, 3.8) is 0 Å². The second kappa shape index (κ2) is 5.71. The van der Waals surface area contributed by atoms with Gasteiger partial charge in [0.05, 0.1) is 5.56 Å². The highest BCUT2D eigenvalue weighted by Crippen LogP contribution is 2.30.